The molecule has 1 heterocycles. The van der Waals surface area contributed by atoms with Crippen LogP contribution in [0.25, 0.3) is 11.4 Å². The van der Waals surface area contributed by atoms with Crippen molar-refractivity contribution >= 4 is 33.6 Å². The number of rotatable bonds is 9. The molecule has 2 rings (SSSR count). The minimum atomic E-state index is 0.0684. The van der Waals surface area contributed by atoms with Crippen molar-refractivity contribution < 1.29 is 4.79 Å². The molecular formula is C19H23BrN4OS. The molecule has 0 unspecified atom stereocenters. The minimum absolute atomic E-state index is 0.0684. The summed E-state index contributed by atoms with van der Waals surface area (Å²) in [6, 6.07) is 7.91. The Morgan fingerprint density at radius 2 is 2.04 bits per heavy atom. The lowest BCUT2D eigenvalue weighted by molar-refractivity contribution is -0.127. The fourth-order valence-electron chi connectivity index (χ4n) is 2.42. The maximum absolute atomic E-state index is 12.4. The summed E-state index contributed by atoms with van der Waals surface area (Å²) < 4.78 is 2.98. The van der Waals surface area contributed by atoms with Crippen molar-refractivity contribution in [2.24, 2.45) is 0 Å². The first-order valence-electron chi connectivity index (χ1n) is 8.31. The molecule has 0 saturated heterocycles. The van der Waals surface area contributed by atoms with E-state index in [9.17, 15) is 4.79 Å². The zero-order valence-corrected chi connectivity index (χ0v) is 17.5. The SMILES string of the molecule is C=CCn1c(SCC(=O)N(CC)CC(=C)C)nnc1-c1ccc(Br)cc1. The number of hydrogen-bond donors (Lipinski definition) is 0. The smallest absolute Gasteiger partial charge is 0.233 e. The number of thioether (sulfide) groups is 1. The highest BCUT2D eigenvalue weighted by Crippen LogP contribution is 2.25. The molecule has 0 aliphatic carbocycles. The third-order valence-corrected chi connectivity index (χ3v) is 5.13. The molecule has 0 atom stereocenters. The van der Waals surface area contributed by atoms with Crippen LogP contribution in [0.5, 0.6) is 0 Å². The van der Waals surface area contributed by atoms with Gasteiger partial charge < -0.3 is 4.90 Å². The Kier molecular flexibility index (Phi) is 7.66. The van der Waals surface area contributed by atoms with E-state index in [0.717, 1.165) is 21.4 Å². The predicted molar refractivity (Wildman–Crippen MR) is 111 cm³/mol. The molecule has 0 aliphatic heterocycles. The van der Waals surface area contributed by atoms with Gasteiger partial charge in [0.15, 0.2) is 11.0 Å². The number of hydrogen-bond acceptors (Lipinski definition) is 4. The van der Waals surface area contributed by atoms with Crippen molar-refractivity contribution in [3.8, 4) is 11.4 Å². The monoisotopic (exact) mass is 434 g/mol. The van der Waals surface area contributed by atoms with Gasteiger partial charge in [-0.05, 0) is 26.0 Å². The molecule has 0 N–H and O–H groups in total. The Balaban J connectivity index is 2.16. The van der Waals surface area contributed by atoms with Crippen molar-refractivity contribution in [3.05, 3.63) is 53.5 Å². The van der Waals surface area contributed by atoms with E-state index in [0.29, 0.717) is 30.5 Å². The predicted octanol–water partition coefficient (Wildman–Crippen LogP) is 4.41. The molecule has 0 bridgehead atoms. The van der Waals surface area contributed by atoms with Crippen LogP contribution in [0.3, 0.4) is 0 Å². The van der Waals surface area contributed by atoms with Gasteiger partial charge in [-0.25, -0.2) is 0 Å². The van der Waals surface area contributed by atoms with Crippen molar-refractivity contribution in [3.63, 3.8) is 0 Å². The molecule has 1 aromatic heterocycles. The van der Waals surface area contributed by atoms with Crippen molar-refractivity contribution in [1.29, 1.82) is 0 Å². The fourth-order valence-corrected chi connectivity index (χ4v) is 3.54. The minimum Gasteiger partial charge on any atom is -0.338 e. The third-order valence-electron chi connectivity index (χ3n) is 3.65. The topological polar surface area (TPSA) is 51.0 Å². The van der Waals surface area contributed by atoms with Gasteiger partial charge in [0.25, 0.3) is 0 Å². The summed E-state index contributed by atoms with van der Waals surface area (Å²) >= 11 is 4.84. The van der Waals surface area contributed by atoms with Crippen LogP contribution < -0.4 is 0 Å². The van der Waals surface area contributed by atoms with E-state index in [1.165, 1.54) is 11.8 Å². The molecule has 1 aromatic carbocycles. The Labute approximate surface area is 167 Å². The van der Waals surface area contributed by atoms with Crippen LogP contribution in [0.1, 0.15) is 13.8 Å². The number of halogens is 1. The van der Waals surface area contributed by atoms with Crippen LogP contribution in [-0.2, 0) is 11.3 Å². The van der Waals surface area contributed by atoms with Crippen LogP contribution in [0.15, 0.2) is 58.7 Å². The van der Waals surface area contributed by atoms with E-state index in [1.54, 1.807) is 11.0 Å². The summed E-state index contributed by atoms with van der Waals surface area (Å²) in [6.45, 7) is 13.4. The van der Waals surface area contributed by atoms with Gasteiger partial charge in [0.05, 0.1) is 5.75 Å². The Bertz CT molecular complexity index is 785. The third kappa shape index (κ3) is 5.32. The van der Waals surface area contributed by atoms with Gasteiger partial charge in [-0.1, -0.05) is 58.1 Å². The van der Waals surface area contributed by atoms with Gasteiger partial charge in [-0.2, -0.15) is 0 Å². The lowest BCUT2D eigenvalue weighted by Gasteiger charge is -2.20. The number of carbonyl (C=O) groups excluding carboxylic acids is 1. The summed E-state index contributed by atoms with van der Waals surface area (Å²) in [6.07, 6.45) is 1.80. The lowest BCUT2D eigenvalue weighted by atomic mass is 10.2. The summed E-state index contributed by atoms with van der Waals surface area (Å²) in [5.41, 5.74) is 1.94. The summed E-state index contributed by atoms with van der Waals surface area (Å²) in [5, 5.41) is 9.31. The Morgan fingerprint density at radius 1 is 1.35 bits per heavy atom. The van der Waals surface area contributed by atoms with Gasteiger partial charge >= 0.3 is 0 Å². The van der Waals surface area contributed by atoms with Gasteiger partial charge in [0.2, 0.25) is 5.91 Å². The average molecular weight is 435 g/mol. The maximum Gasteiger partial charge on any atom is 0.233 e. The van der Waals surface area contributed by atoms with Crippen LogP contribution in [0.2, 0.25) is 0 Å². The number of amides is 1. The lowest BCUT2D eigenvalue weighted by Crippen LogP contribution is -2.33. The molecule has 138 valence electrons. The second-order valence-corrected chi connectivity index (χ2v) is 7.72. The van der Waals surface area contributed by atoms with Crippen LogP contribution in [-0.4, -0.2) is 44.4 Å². The van der Waals surface area contributed by atoms with E-state index in [-0.39, 0.29) is 5.91 Å². The van der Waals surface area contributed by atoms with Crippen LogP contribution in [0, 0.1) is 0 Å². The normalized spacial score (nSPS) is 10.6. The van der Waals surface area contributed by atoms with E-state index >= 15 is 0 Å². The number of aromatic nitrogens is 3. The molecule has 0 saturated carbocycles. The first-order valence-corrected chi connectivity index (χ1v) is 10.1. The molecule has 1 amide bonds. The first-order chi connectivity index (χ1) is 12.5. The summed E-state index contributed by atoms with van der Waals surface area (Å²) in [7, 11) is 0. The molecular weight excluding hydrogens is 412 g/mol. The Hall–Kier alpha value is -1.86. The highest BCUT2D eigenvalue weighted by atomic mass is 79.9. The van der Waals surface area contributed by atoms with Gasteiger partial charge in [-0.3, -0.25) is 9.36 Å². The quantitative estimate of drug-likeness (QED) is 0.433. The van der Waals surface area contributed by atoms with Crippen molar-refractivity contribution in [2.75, 3.05) is 18.8 Å². The van der Waals surface area contributed by atoms with E-state index < -0.39 is 0 Å². The number of nitrogens with zero attached hydrogens (tertiary/aromatic N) is 4. The van der Waals surface area contributed by atoms with Gasteiger partial charge in [0.1, 0.15) is 0 Å². The van der Waals surface area contributed by atoms with E-state index in [1.807, 2.05) is 42.7 Å². The Morgan fingerprint density at radius 3 is 2.62 bits per heavy atom. The maximum atomic E-state index is 12.4. The molecule has 0 aliphatic rings. The second kappa shape index (κ2) is 9.73. The zero-order chi connectivity index (χ0) is 19.1. The molecule has 5 nitrogen and oxygen atoms in total. The number of carbonyl (C=O) groups is 1. The highest BCUT2D eigenvalue weighted by Gasteiger charge is 2.17. The number of allylic oxidation sites excluding steroid dienone is 1. The fraction of sp³-hybridized carbons (Fsp3) is 0.316. The zero-order valence-electron chi connectivity index (χ0n) is 15.1. The van der Waals surface area contributed by atoms with Gasteiger partial charge in [0, 0.05) is 29.7 Å². The largest absolute Gasteiger partial charge is 0.338 e. The molecule has 26 heavy (non-hydrogen) atoms. The molecule has 0 spiro atoms. The number of benzene rings is 1. The molecule has 0 radical (unpaired) electrons. The van der Waals surface area contributed by atoms with Crippen molar-refractivity contribution in [2.45, 2.75) is 25.5 Å². The van der Waals surface area contributed by atoms with Crippen LogP contribution >= 0.6 is 27.7 Å². The second-order valence-electron chi connectivity index (χ2n) is 5.87. The molecule has 2 aromatic rings. The average Bonchev–Trinajstić information content (AvgIpc) is 3.01. The van der Waals surface area contributed by atoms with Crippen LogP contribution in [0.4, 0.5) is 0 Å². The number of likely N-dealkylation sites (N-methyl/N-ethyl adjacent to an activating group) is 1. The summed E-state index contributed by atoms with van der Waals surface area (Å²) in [4.78, 5) is 14.2. The highest BCUT2D eigenvalue weighted by molar-refractivity contribution is 9.10. The van der Waals surface area contributed by atoms with Gasteiger partial charge in [-0.15, -0.1) is 16.8 Å². The summed E-state index contributed by atoms with van der Waals surface area (Å²) in [5.74, 6) is 1.15. The molecule has 7 heteroatoms. The van der Waals surface area contributed by atoms with E-state index in [2.05, 4.69) is 39.3 Å². The standard InChI is InChI=1S/C19H23BrN4OS/c1-5-11-24-18(15-7-9-16(20)10-8-15)21-22-19(24)26-13-17(25)23(6-2)12-14(3)4/h5,7-10H,1,3,6,11-13H2,2,4H3. The van der Waals surface area contributed by atoms with Crippen molar-refractivity contribution in [1.82, 2.24) is 19.7 Å². The first kappa shape index (κ1) is 20.5. The van der Waals surface area contributed by atoms with E-state index in [4.69, 9.17) is 0 Å². The molecule has 0 fully saturated rings.